The standard InChI is InChI=1S/C20H26N4O5S3/c1-23-18(11-15-7-9-31(26,27)13-15)21-22-20(23)30-12-19(25)24(16-5-3-2-4-6-16)17-8-10-32(28,29)14-17/h2-6,15,17H,7-14H2,1H3/t15-,17-/m0/s1. The van der Waals surface area contributed by atoms with Gasteiger partial charge in [0.2, 0.25) is 5.91 Å². The fraction of sp³-hybridized carbons (Fsp3) is 0.550. The van der Waals surface area contributed by atoms with Crippen LogP contribution in [0.1, 0.15) is 18.7 Å². The van der Waals surface area contributed by atoms with Crippen LogP contribution in [0.2, 0.25) is 0 Å². The van der Waals surface area contributed by atoms with Crippen molar-refractivity contribution in [1.82, 2.24) is 14.8 Å². The molecule has 1 aromatic carbocycles. The van der Waals surface area contributed by atoms with E-state index in [0.717, 1.165) is 0 Å². The lowest BCUT2D eigenvalue weighted by atomic mass is 10.1. The molecule has 3 heterocycles. The van der Waals surface area contributed by atoms with Crippen molar-refractivity contribution in [3.63, 3.8) is 0 Å². The number of rotatable bonds is 7. The molecule has 0 saturated carbocycles. The highest BCUT2D eigenvalue weighted by molar-refractivity contribution is 7.99. The average Bonchev–Trinajstić information content (AvgIpc) is 3.39. The van der Waals surface area contributed by atoms with Gasteiger partial charge in [-0.15, -0.1) is 10.2 Å². The summed E-state index contributed by atoms with van der Waals surface area (Å²) in [5.41, 5.74) is 0.682. The number of aromatic nitrogens is 3. The summed E-state index contributed by atoms with van der Waals surface area (Å²) in [5, 5.41) is 8.95. The molecule has 0 unspecified atom stereocenters. The second-order valence-electron chi connectivity index (χ2n) is 8.38. The average molecular weight is 499 g/mol. The third-order valence-corrected chi connectivity index (χ3v) is 10.5. The monoisotopic (exact) mass is 498 g/mol. The number of carbonyl (C=O) groups is 1. The van der Waals surface area contributed by atoms with Gasteiger partial charge in [0.1, 0.15) is 5.82 Å². The van der Waals surface area contributed by atoms with Crippen LogP contribution < -0.4 is 4.90 Å². The van der Waals surface area contributed by atoms with Crippen LogP contribution in [-0.4, -0.2) is 72.3 Å². The van der Waals surface area contributed by atoms with Crippen molar-refractivity contribution < 1.29 is 21.6 Å². The number of anilines is 1. The zero-order chi connectivity index (χ0) is 22.9. The molecule has 0 radical (unpaired) electrons. The number of thioether (sulfide) groups is 1. The van der Waals surface area contributed by atoms with E-state index in [1.165, 1.54) is 11.8 Å². The minimum Gasteiger partial charge on any atom is -0.309 e. The Morgan fingerprint density at radius 2 is 1.75 bits per heavy atom. The molecule has 4 rings (SSSR count). The first-order valence-corrected chi connectivity index (χ1v) is 15.1. The van der Waals surface area contributed by atoms with E-state index in [0.29, 0.717) is 35.9 Å². The van der Waals surface area contributed by atoms with Gasteiger partial charge in [-0.1, -0.05) is 30.0 Å². The molecule has 0 spiro atoms. The summed E-state index contributed by atoms with van der Waals surface area (Å²) in [7, 11) is -4.28. The Bertz CT molecular complexity index is 1200. The summed E-state index contributed by atoms with van der Waals surface area (Å²) in [6.45, 7) is 0. The molecule has 0 aliphatic carbocycles. The maximum Gasteiger partial charge on any atom is 0.237 e. The van der Waals surface area contributed by atoms with Crippen molar-refractivity contribution in [2.75, 3.05) is 33.7 Å². The van der Waals surface area contributed by atoms with Gasteiger partial charge in [0.15, 0.2) is 24.8 Å². The number of para-hydroxylation sites is 1. The van der Waals surface area contributed by atoms with Crippen LogP contribution in [0.15, 0.2) is 35.5 Å². The maximum absolute atomic E-state index is 13.2. The number of sulfone groups is 2. The van der Waals surface area contributed by atoms with Crippen molar-refractivity contribution in [1.29, 1.82) is 0 Å². The molecular weight excluding hydrogens is 472 g/mol. The highest BCUT2D eigenvalue weighted by Gasteiger charge is 2.35. The Morgan fingerprint density at radius 1 is 1.06 bits per heavy atom. The molecule has 0 N–H and O–H groups in total. The van der Waals surface area contributed by atoms with Crippen LogP contribution in [0.4, 0.5) is 5.69 Å². The first kappa shape index (κ1) is 23.2. The Kier molecular flexibility index (Phi) is 6.64. The molecular formula is C20H26N4O5S3. The predicted molar refractivity (Wildman–Crippen MR) is 123 cm³/mol. The number of nitrogens with zero attached hydrogens (tertiary/aromatic N) is 4. The molecule has 0 bridgehead atoms. The molecule has 2 aromatic rings. The van der Waals surface area contributed by atoms with Crippen LogP contribution in [0.3, 0.4) is 0 Å². The third-order valence-electron chi connectivity index (χ3n) is 5.92. The van der Waals surface area contributed by atoms with Gasteiger partial charge in [-0.25, -0.2) is 16.8 Å². The summed E-state index contributed by atoms with van der Waals surface area (Å²) in [6, 6.07) is 8.74. The molecule has 1 aromatic heterocycles. The number of hydrogen-bond acceptors (Lipinski definition) is 8. The second kappa shape index (κ2) is 9.14. The van der Waals surface area contributed by atoms with Crippen molar-refractivity contribution >= 4 is 43.0 Å². The Hall–Kier alpha value is -1.92. The molecule has 2 fully saturated rings. The molecule has 9 nitrogen and oxygen atoms in total. The minimum absolute atomic E-state index is 0.0310. The lowest BCUT2D eigenvalue weighted by Crippen LogP contribution is -2.42. The lowest BCUT2D eigenvalue weighted by molar-refractivity contribution is -0.116. The van der Waals surface area contributed by atoms with Gasteiger partial charge in [-0.3, -0.25) is 4.79 Å². The van der Waals surface area contributed by atoms with Crippen molar-refractivity contribution in [3.8, 4) is 0 Å². The summed E-state index contributed by atoms with van der Waals surface area (Å²) < 4.78 is 49.2. The largest absolute Gasteiger partial charge is 0.309 e. The normalized spacial score (nSPS) is 23.9. The summed E-state index contributed by atoms with van der Waals surface area (Å²) in [5.74, 6) is 1.10. The van der Waals surface area contributed by atoms with E-state index >= 15 is 0 Å². The molecule has 2 saturated heterocycles. The van der Waals surface area contributed by atoms with Gasteiger partial charge in [0, 0.05) is 19.2 Å². The first-order chi connectivity index (χ1) is 15.1. The van der Waals surface area contributed by atoms with E-state index in [1.807, 2.05) is 37.4 Å². The number of amides is 1. The maximum atomic E-state index is 13.2. The number of benzene rings is 1. The quantitative estimate of drug-likeness (QED) is 0.521. The van der Waals surface area contributed by atoms with Gasteiger partial charge in [-0.2, -0.15) is 0 Å². The summed E-state index contributed by atoms with van der Waals surface area (Å²) >= 11 is 1.25. The van der Waals surface area contributed by atoms with Crippen molar-refractivity contribution in [2.45, 2.75) is 30.5 Å². The predicted octanol–water partition coefficient (Wildman–Crippen LogP) is 1.10. The van der Waals surface area contributed by atoms with Gasteiger partial charge >= 0.3 is 0 Å². The molecule has 2 aliphatic heterocycles. The molecule has 12 heteroatoms. The summed E-state index contributed by atoms with van der Waals surface area (Å²) in [6.07, 6.45) is 1.59. The van der Waals surface area contributed by atoms with Crippen LogP contribution >= 0.6 is 11.8 Å². The molecule has 174 valence electrons. The number of hydrogen-bond donors (Lipinski definition) is 0. The zero-order valence-corrected chi connectivity index (χ0v) is 20.2. The smallest absolute Gasteiger partial charge is 0.237 e. The molecule has 32 heavy (non-hydrogen) atoms. The fourth-order valence-corrected chi connectivity index (χ4v) is 8.61. The van der Waals surface area contributed by atoms with Crippen LogP contribution in [-0.2, 0) is 37.9 Å². The van der Waals surface area contributed by atoms with Gasteiger partial charge in [0.25, 0.3) is 0 Å². The van der Waals surface area contributed by atoms with E-state index in [9.17, 15) is 21.6 Å². The Morgan fingerprint density at radius 3 is 2.38 bits per heavy atom. The fourth-order valence-electron chi connectivity index (χ4n) is 4.26. The van der Waals surface area contributed by atoms with E-state index in [1.54, 1.807) is 9.47 Å². The van der Waals surface area contributed by atoms with E-state index < -0.39 is 19.7 Å². The van der Waals surface area contributed by atoms with E-state index in [4.69, 9.17) is 0 Å². The topological polar surface area (TPSA) is 119 Å². The second-order valence-corrected chi connectivity index (χ2v) is 13.8. The van der Waals surface area contributed by atoms with Gasteiger partial charge < -0.3 is 9.47 Å². The molecule has 2 aliphatic rings. The van der Waals surface area contributed by atoms with E-state index in [-0.39, 0.29) is 46.6 Å². The third kappa shape index (κ3) is 5.34. The molecule has 2 atom stereocenters. The SMILES string of the molecule is Cn1c(C[C@@H]2CCS(=O)(=O)C2)nnc1SCC(=O)N(c1ccccc1)[C@H]1CCS(=O)(=O)C1. The van der Waals surface area contributed by atoms with Crippen LogP contribution in [0, 0.1) is 5.92 Å². The van der Waals surface area contributed by atoms with Gasteiger partial charge in [-0.05, 0) is 30.9 Å². The zero-order valence-electron chi connectivity index (χ0n) is 17.8. The highest BCUT2D eigenvalue weighted by atomic mass is 32.2. The van der Waals surface area contributed by atoms with Crippen molar-refractivity contribution in [3.05, 3.63) is 36.2 Å². The first-order valence-electron chi connectivity index (χ1n) is 10.4. The Labute approximate surface area is 192 Å². The highest BCUT2D eigenvalue weighted by Crippen LogP contribution is 2.27. The molecule has 1 amide bonds. The van der Waals surface area contributed by atoms with Crippen LogP contribution in [0.5, 0.6) is 0 Å². The lowest BCUT2D eigenvalue weighted by Gasteiger charge is -2.28. The van der Waals surface area contributed by atoms with Crippen molar-refractivity contribution in [2.24, 2.45) is 13.0 Å². The Balaban J connectivity index is 1.44. The van der Waals surface area contributed by atoms with Gasteiger partial charge in [0.05, 0.1) is 34.8 Å². The van der Waals surface area contributed by atoms with Crippen LogP contribution in [0.25, 0.3) is 0 Å². The minimum atomic E-state index is -3.14. The van der Waals surface area contributed by atoms with E-state index in [2.05, 4.69) is 10.2 Å². The summed E-state index contributed by atoms with van der Waals surface area (Å²) in [4.78, 5) is 14.8. The number of carbonyl (C=O) groups excluding carboxylic acids is 1.